The molecule has 52 heavy (non-hydrogen) atoms. The standard InChI is InChI=1S/C45H43NO4P2/c1-26-18-30(5)42(47-51-41-17-13-11-15-35(41)34-14-10-12-16-40(34)46(51)9)36(22-26)37-23-27(2)19-31(6)43(37)48-52-49-44-32(7)20-28(3)24-38(44)39-25-29(4)21-33(8)45(39)50-52/h10-25H,1-9H3. The van der Waals surface area contributed by atoms with Crippen LogP contribution >= 0.6 is 16.5 Å². The van der Waals surface area contributed by atoms with Gasteiger partial charge in [-0.05, 0) is 142 Å². The Kier molecular flexibility index (Phi) is 8.69. The van der Waals surface area contributed by atoms with Gasteiger partial charge in [0.15, 0.2) is 0 Å². The third-order valence-corrected chi connectivity index (χ3v) is 12.8. The lowest BCUT2D eigenvalue weighted by atomic mass is 9.95. The van der Waals surface area contributed by atoms with Crippen molar-refractivity contribution in [3.63, 3.8) is 0 Å². The van der Waals surface area contributed by atoms with Gasteiger partial charge in [-0.15, -0.1) is 0 Å². The molecule has 0 saturated heterocycles. The molecule has 5 nitrogen and oxygen atoms in total. The van der Waals surface area contributed by atoms with E-state index in [1.54, 1.807) is 0 Å². The molecule has 1 aliphatic rings. The molecule has 0 amide bonds. The molecule has 0 saturated carbocycles. The first-order valence-corrected chi connectivity index (χ1v) is 20.0. The zero-order valence-corrected chi connectivity index (χ0v) is 33.0. The molecule has 1 aliphatic heterocycles. The number of hydrogen-bond donors (Lipinski definition) is 0. The Balaban J connectivity index is 1.32. The quantitative estimate of drug-likeness (QED) is 0.166. The summed E-state index contributed by atoms with van der Waals surface area (Å²) in [4.78, 5) is 0. The third kappa shape index (κ3) is 5.97. The molecular formula is C45H43NO4P2. The van der Waals surface area contributed by atoms with Gasteiger partial charge in [-0.25, -0.2) is 0 Å². The molecule has 262 valence electrons. The predicted octanol–water partition coefficient (Wildman–Crippen LogP) is 13.4. The summed E-state index contributed by atoms with van der Waals surface area (Å²) >= 11 is 0. The van der Waals surface area contributed by atoms with Gasteiger partial charge in [0.25, 0.3) is 0 Å². The first-order chi connectivity index (χ1) is 25.0. The number of aryl methyl sites for hydroxylation is 8. The van der Waals surface area contributed by atoms with Crippen LogP contribution in [0, 0.1) is 55.4 Å². The van der Waals surface area contributed by atoms with Crippen molar-refractivity contribution in [3.05, 3.63) is 142 Å². The summed E-state index contributed by atoms with van der Waals surface area (Å²) in [6, 6.07) is 34.7. The molecular weight excluding hydrogens is 680 g/mol. The van der Waals surface area contributed by atoms with Gasteiger partial charge >= 0.3 is 8.24 Å². The van der Waals surface area contributed by atoms with Crippen LogP contribution in [0.25, 0.3) is 44.2 Å². The van der Waals surface area contributed by atoms with Gasteiger partial charge in [-0.3, -0.25) is 0 Å². The van der Waals surface area contributed by atoms with E-state index >= 15 is 0 Å². The average Bonchev–Trinajstić information content (AvgIpc) is 3.25. The van der Waals surface area contributed by atoms with E-state index in [1.165, 1.54) is 27.6 Å². The number of nitrogens with zero attached hydrogens (tertiary/aromatic N) is 1. The van der Waals surface area contributed by atoms with Crippen LogP contribution in [-0.2, 0) is 0 Å². The highest BCUT2D eigenvalue weighted by molar-refractivity contribution is 7.63. The van der Waals surface area contributed by atoms with Crippen molar-refractivity contribution in [2.24, 2.45) is 0 Å². The van der Waals surface area contributed by atoms with Crippen molar-refractivity contribution in [1.82, 2.24) is 0 Å². The van der Waals surface area contributed by atoms with E-state index in [2.05, 4.69) is 164 Å². The minimum atomic E-state index is -1.89. The average molecular weight is 724 g/mol. The van der Waals surface area contributed by atoms with Crippen LogP contribution in [0.3, 0.4) is 0 Å². The SMILES string of the molecule is Cc1cc(C)c(OP2c3ccccc3-c3ccccc3N2C)c(-c2cc(C)cc(C)c2Op2oc3c(C)cc(C)cc3c3cc(C)cc(C)c3o2)c1. The number of para-hydroxylation sites is 1. The molecule has 1 atom stereocenters. The predicted molar refractivity (Wildman–Crippen MR) is 220 cm³/mol. The Hall–Kier alpha value is -4.95. The second kappa shape index (κ2) is 13.2. The van der Waals surface area contributed by atoms with Crippen LogP contribution in [-0.4, -0.2) is 7.05 Å². The number of hydrogen-bond acceptors (Lipinski definition) is 5. The fraction of sp³-hybridized carbons (Fsp3) is 0.200. The van der Waals surface area contributed by atoms with Gasteiger partial charge in [0.2, 0.25) is 8.30 Å². The first-order valence-electron chi connectivity index (χ1n) is 17.7. The van der Waals surface area contributed by atoms with Gasteiger partial charge in [-0.1, -0.05) is 60.7 Å². The van der Waals surface area contributed by atoms with Crippen LogP contribution in [0.1, 0.15) is 44.5 Å². The Labute approximate surface area is 308 Å². The molecule has 1 unspecified atom stereocenters. The molecule has 8 rings (SSSR count). The summed E-state index contributed by atoms with van der Waals surface area (Å²) in [5.74, 6) is 1.57. The molecule has 7 heteroatoms. The van der Waals surface area contributed by atoms with E-state index in [0.29, 0.717) is 0 Å². The number of fused-ring (bicyclic) bond motifs is 6. The normalized spacial score (nSPS) is 13.6. The van der Waals surface area contributed by atoms with Crippen LogP contribution in [0.15, 0.2) is 105 Å². The second-order valence-electron chi connectivity index (χ2n) is 14.3. The van der Waals surface area contributed by atoms with Crippen LogP contribution in [0.2, 0.25) is 0 Å². The van der Waals surface area contributed by atoms with Crippen molar-refractivity contribution in [1.29, 1.82) is 0 Å². The van der Waals surface area contributed by atoms with Gasteiger partial charge in [-0.2, -0.15) is 0 Å². The monoisotopic (exact) mass is 723 g/mol. The molecule has 0 aliphatic carbocycles. The molecule has 2 heterocycles. The lowest BCUT2D eigenvalue weighted by molar-refractivity contribution is 0.495. The minimum Gasteiger partial charge on any atom is -0.448 e. The molecule has 0 N–H and O–H groups in total. The summed E-state index contributed by atoms with van der Waals surface area (Å²) in [6.07, 6.45) is 0. The van der Waals surface area contributed by atoms with E-state index in [-0.39, 0.29) is 0 Å². The summed E-state index contributed by atoms with van der Waals surface area (Å²) in [7, 11) is -0.962. The summed E-state index contributed by atoms with van der Waals surface area (Å²) in [6.45, 7) is 16.9. The van der Waals surface area contributed by atoms with Crippen molar-refractivity contribution >= 4 is 49.5 Å². The van der Waals surface area contributed by atoms with E-state index < -0.39 is 16.5 Å². The van der Waals surface area contributed by atoms with Crippen molar-refractivity contribution < 1.29 is 17.4 Å². The molecule has 7 aromatic rings. The lowest BCUT2D eigenvalue weighted by Gasteiger charge is -2.36. The zero-order chi connectivity index (χ0) is 36.4. The maximum Gasteiger partial charge on any atom is 0.453 e. The molecule has 6 aromatic carbocycles. The first kappa shape index (κ1) is 34.2. The Morgan fingerprint density at radius 2 is 0.942 bits per heavy atom. The van der Waals surface area contributed by atoms with E-state index in [0.717, 1.165) is 83.6 Å². The van der Waals surface area contributed by atoms with E-state index in [1.807, 2.05) is 0 Å². The van der Waals surface area contributed by atoms with E-state index in [4.69, 9.17) is 17.4 Å². The molecule has 1 aromatic heterocycles. The molecule has 0 bridgehead atoms. The maximum atomic E-state index is 7.29. The maximum absolute atomic E-state index is 7.29. The fourth-order valence-electron chi connectivity index (χ4n) is 7.69. The molecule has 0 radical (unpaired) electrons. The Bertz CT molecular complexity index is 2540. The lowest BCUT2D eigenvalue weighted by Crippen LogP contribution is -2.27. The topological polar surface area (TPSA) is 48.0 Å². The summed E-state index contributed by atoms with van der Waals surface area (Å²) in [5.41, 5.74) is 15.9. The largest absolute Gasteiger partial charge is 0.453 e. The summed E-state index contributed by atoms with van der Waals surface area (Å²) < 4.78 is 30.1. The molecule has 0 spiro atoms. The smallest absolute Gasteiger partial charge is 0.448 e. The number of benzene rings is 6. The summed E-state index contributed by atoms with van der Waals surface area (Å²) in [5, 5.41) is 3.25. The second-order valence-corrected chi connectivity index (χ2v) is 17.1. The highest BCUT2D eigenvalue weighted by Crippen LogP contribution is 2.55. The highest BCUT2D eigenvalue weighted by Gasteiger charge is 2.33. The van der Waals surface area contributed by atoms with Gasteiger partial charge in [0, 0.05) is 39.8 Å². The van der Waals surface area contributed by atoms with Crippen molar-refractivity contribution in [3.8, 4) is 33.8 Å². The van der Waals surface area contributed by atoms with Crippen LogP contribution in [0.4, 0.5) is 5.69 Å². The highest BCUT2D eigenvalue weighted by atomic mass is 31.2. The minimum absolute atomic E-state index is 0.724. The Morgan fingerprint density at radius 1 is 0.481 bits per heavy atom. The fourth-order valence-corrected chi connectivity index (χ4v) is 10.9. The van der Waals surface area contributed by atoms with Crippen LogP contribution in [0.5, 0.6) is 11.5 Å². The van der Waals surface area contributed by atoms with E-state index in [9.17, 15) is 0 Å². The van der Waals surface area contributed by atoms with Crippen LogP contribution < -0.4 is 19.0 Å². The number of anilines is 1. The Morgan fingerprint density at radius 3 is 1.52 bits per heavy atom. The molecule has 0 fully saturated rings. The van der Waals surface area contributed by atoms with Crippen molar-refractivity contribution in [2.75, 3.05) is 11.7 Å². The zero-order valence-electron chi connectivity index (χ0n) is 31.2. The number of rotatable bonds is 5. The van der Waals surface area contributed by atoms with Gasteiger partial charge < -0.3 is 22.1 Å². The van der Waals surface area contributed by atoms with Gasteiger partial charge in [0.05, 0.1) is 5.69 Å². The third-order valence-electron chi connectivity index (χ3n) is 9.86. The van der Waals surface area contributed by atoms with Crippen molar-refractivity contribution in [2.45, 2.75) is 55.4 Å². The van der Waals surface area contributed by atoms with Gasteiger partial charge in [0.1, 0.15) is 22.7 Å².